The van der Waals surface area contributed by atoms with E-state index < -0.39 is 10.1 Å². The maximum absolute atomic E-state index is 12.0. The van der Waals surface area contributed by atoms with Crippen molar-refractivity contribution in [1.29, 1.82) is 5.26 Å². The van der Waals surface area contributed by atoms with Crippen molar-refractivity contribution in [2.75, 3.05) is 6.54 Å². The summed E-state index contributed by atoms with van der Waals surface area (Å²) < 4.78 is 31.1. The zero-order chi connectivity index (χ0) is 23.9. The Hall–Kier alpha value is -2.21. The molecule has 0 spiro atoms. The van der Waals surface area contributed by atoms with Crippen LogP contribution in [0.3, 0.4) is 0 Å². The van der Waals surface area contributed by atoms with Crippen LogP contribution in [0.5, 0.6) is 0 Å². The van der Waals surface area contributed by atoms with Crippen molar-refractivity contribution in [1.82, 2.24) is 5.32 Å². The summed E-state index contributed by atoms with van der Waals surface area (Å²) in [6, 6.07) is 11.9. The molecule has 0 saturated carbocycles. The number of carbonyl (C=O) groups is 1. The van der Waals surface area contributed by atoms with Gasteiger partial charge in [-0.05, 0) is 49.1 Å². The summed E-state index contributed by atoms with van der Waals surface area (Å²) in [5.74, 6) is -0.0865. The third kappa shape index (κ3) is 11.0. The molecule has 2 rings (SSSR count). The Kier molecular flexibility index (Phi) is 12.2. The second-order valence-electron chi connectivity index (χ2n) is 8.29. The Bertz CT molecular complexity index is 992. The zero-order valence-corrected chi connectivity index (χ0v) is 20.7. The number of nitriles is 1. The highest BCUT2D eigenvalue weighted by atomic mass is 32.2. The summed E-state index contributed by atoms with van der Waals surface area (Å²) in [6.45, 7) is 0.684. The molecular weight excluding hydrogens is 456 g/mol. The first-order valence-corrected chi connectivity index (χ1v) is 14.0. The largest absolute Gasteiger partial charge is 0.351 e. The van der Waals surface area contributed by atoms with E-state index in [0.29, 0.717) is 16.3 Å². The maximum Gasteiger partial charge on any atom is 0.294 e. The fourth-order valence-electron chi connectivity index (χ4n) is 3.68. The van der Waals surface area contributed by atoms with E-state index in [1.54, 1.807) is 24.3 Å². The van der Waals surface area contributed by atoms with Crippen molar-refractivity contribution >= 4 is 27.4 Å². The van der Waals surface area contributed by atoms with E-state index in [4.69, 9.17) is 9.81 Å². The van der Waals surface area contributed by atoms with Gasteiger partial charge in [0.2, 0.25) is 0 Å². The SMILES string of the molecule is N#Cc1ccc(C(=O)NCCCCCCCCCCCCCc2ccc(S(=O)(=O)O)cc2)s1. The van der Waals surface area contributed by atoms with Crippen LogP contribution in [0.25, 0.3) is 0 Å². The summed E-state index contributed by atoms with van der Waals surface area (Å²) in [6.07, 6.45) is 14.0. The monoisotopic (exact) mass is 490 g/mol. The lowest BCUT2D eigenvalue weighted by molar-refractivity contribution is 0.0957. The van der Waals surface area contributed by atoms with E-state index >= 15 is 0 Å². The Morgan fingerprint density at radius 1 is 0.848 bits per heavy atom. The Morgan fingerprint density at radius 3 is 1.91 bits per heavy atom. The second kappa shape index (κ2) is 14.8. The van der Waals surface area contributed by atoms with Crippen LogP contribution >= 0.6 is 11.3 Å². The number of nitrogens with one attached hydrogen (secondary N) is 1. The summed E-state index contributed by atoms with van der Waals surface area (Å²) in [4.78, 5) is 13.1. The number of carbonyl (C=O) groups excluding carboxylic acids is 1. The number of hydrogen-bond acceptors (Lipinski definition) is 5. The van der Waals surface area contributed by atoms with Gasteiger partial charge in [-0.25, -0.2) is 0 Å². The van der Waals surface area contributed by atoms with Gasteiger partial charge >= 0.3 is 0 Å². The first kappa shape index (κ1) is 27.0. The van der Waals surface area contributed by atoms with Crippen molar-refractivity contribution in [3.05, 3.63) is 51.7 Å². The van der Waals surface area contributed by atoms with Crippen molar-refractivity contribution < 1.29 is 17.8 Å². The number of aryl methyl sites for hydroxylation is 1. The van der Waals surface area contributed by atoms with Crippen LogP contribution in [-0.4, -0.2) is 25.4 Å². The fourth-order valence-corrected chi connectivity index (χ4v) is 4.88. The maximum atomic E-state index is 12.0. The lowest BCUT2D eigenvalue weighted by atomic mass is 10.0. The van der Waals surface area contributed by atoms with Crippen LogP contribution < -0.4 is 5.32 Å². The lowest BCUT2D eigenvalue weighted by Gasteiger charge is -2.05. The van der Waals surface area contributed by atoms with E-state index in [2.05, 4.69) is 5.32 Å². The van der Waals surface area contributed by atoms with E-state index in [9.17, 15) is 13.2 Å². The van der Waals surface area contributed by atoms with Crippen LogP contribution in [0, 0.1) is 11.3 Å². The Balaban J connectivity index is 1.36. The zero-order valence-electron chi connectivity index (χ0n) is 19.1. The predicted octanol–water partition coefficient (Wildman–Crippen LogP) is 6.13. The van der Waals surface area contributed by atoms with Crippen molar-refractivity contribution in [2.24, 2.45) is 0 Å². The van der Waals surface area contributed by atoms with E-state index in [1.165, 1.54) is 74.8 Å². The minimum absolute atomic E-state index is 0.0527. The molecule has 0 aliphatic heterocycles. The van der Waals surface area contributed by atoms with Gasteiger partial charge in [0.1, 0.15) is 10.9 Å². The third-order valence-corrected chi connectivity index (χ3v) is 7.45. The Labute approximate surface area is 201 Å². The summed E-state index contributed by atoms with van der Waals surface area (Å²) in [5.41, 5.74) is 1.10. The molecule has 6 nitrogen and oxygen atoms in total. The lowest BCUT2D eigenvalue weighted by Crippen LogP contribution is -2.23. The number of thiophene rings is 1. The highest BCUT2D eigenvalue weighted by Crippen LogP contribution is 2.16. The van der Waals surface area contributed by atoms with E-state index in [-0.39, 0.29) is 10.8 Å². The molecule has 0 bridgehead atoms. The molecule has 1 amide bonds. The number of rotatable bonds is 16. The quantitative estimate of drug-likeness (QED) is 0.217. The number of amides is 1. The molecule has 1 heterocycles. The molecule has 0 radical (unpaired) electrons. The van der Waals surface area contributed by atoms with Gasteiger partial charge < -0.3 is 5.32 Å². The van der Waals surface area contributed by atoms with Gasteiger partial charge in [-0.3, -0.25) is 9.35 Å². The van der Waals surface area contributed by atoms with Gasteiger partial charge in [0.05, 0.1) is 9.77 Å². The minimum atomic E-state index is -4.10. The van der Waals surface area contributed by atoms with Crippen LogP contribution in [0.2, 0.25) is 0 Å². The number of benzene rings is 1. The number of unbranched alkanes of at least 4 members (excludes halogenated alkanes) is 10. The Morgan fingerprint density at radius 2 is 1.39 bits per heavy atom. The highest BCUT2D eigenvalue weighted by Gasteiger charge is 2.09. The predicted molar refractivity (Wildman–Crippen MR) is 132 cm³/mol. The molecule has 8 heteroatoms. The first-order chi connectivity index (χ1) is 15.9. The van der Waals surface area contributed by atoms with Gasteiger partial charge in [-0.15, -0.1) is 11.3 Å². The molecule has 180 valence electrons. The summed E-state index contributed by atoms with van der Waals surface area (Å²) in [5, 5.41) is 11.7. The molecule has 0 saturated heterocycles. The van der Waals surface area contributed by atoms with Gasteiger partial charge in [-0.1, -0.05) is 69.9 Å². The van der Waals surface area contributed by atoms with Crippen LogP contribution in [0.4, 0.5) is 0 Å². The standard InChI is InChI=1S/C25H34N2O4S2/c26-20-22-15-18-24(32-22)25(28)27-19-11-9-7-5-3-1-2-4-6-8-10-12-21-13-16-23(17-14-21)33(29,30)31/h13-18H,1-12,19H2,(H,27,28)(H,29,30,31). The molecule has 2 aromatic rings. The molecule has 2 N–H and O–H groups in total. The summed E-state index contributed by atoms with van der Waals surface area (Å²) in [7, 11) is -4.10. The van der Waals surface area contributed by atoms with Gasteiger partial charge in [0.25, 0.3) is 16.0 Å². The molecule has 0 aliphatic carbocycles. The van der Waals surface area contributed by atoms with Gasteiger partial charge in [-0.2, -0.15) is 13.7 Å². The van der Waals surface area contributed by atoms with Crippen molar-refractivity contribution in [2.45, 2.75) is 81.9 Å². The molecular formula is C25H34N2O4S2. The fraction of sp³-hybridized carbons (Fsp3) is 0.520. The normalized spacial score (nSPS) is 11.3. The van der Waals surface area contributed by atoms with Crippen molar-refractivity contribution in [3.8, 4) is 6.07 Å². The van der Waals surface area contributed by atoms with Crippen LogP contribution in [0.1, 0.15) is 90.7 Å². The molecule has 1 aromatic carbocycles. The molecule has 0 atom stereocenters. The average Bonchev–Trinajstić information content (AvgIpc) is 3.28. The van der Waals surface area contributed by atoms with Gasteiger partial charge in [0, 0.05) is 6.54 Å². The average molecular weight is 491 g/mol. The van der Waals surface area contributed by atoms with Crippen LogP contribution in [0.15, 0.2) is 41.3 Å². The highest BCUT2D eigenvalue weighted by molar-refractivity contribution is 7.85. The first-order valence-electron chi connectivity index (χ1n) is 11.7. The summed E-state index contributed by atoms with van der Waals surface area (Å²) >= 11 is 1.23. The molecule has 1 aromatic heterocycles. The number of nitrogens with zero attached hydrogens (tertiary/aromatic N) is 1. The van der Waals surface area contributed by atoms with Gasteiger partial charge in [0.15, 0.2) is 0 Å². The molecule has 33 heavy (non-hydrogen) atoms. The molecule has 0 aliphatic rings. The molecule has 0 fully saturated rings. The van der Waals surface area contributed by atoms with Crippen LogP contribution in [-0.2, 0) is 16.5 Å². The van der Waals surface area contributed by atoms with Crippen molar-refractivity contribution in [3.63, 3.8) is 0 Å². The smallest absolute Gasteiger partial charge is 0.294 e. The third-order valence-electron chi connectivity index (χ3n) is 5.59. The van der Waals surface area contributed by atoms with E-state index in [0.717, 1.165) is 31.2 Å². The number of hydrogen-bond donors (Lipinski definition) is 2. The second-order valence-corrected chi connectivity index (χ2v) is 10.8. The molecule has 0 unspecified atom stereocenters. The van der Waals surface area contributed by atoms with E-state index in [1.807, 2.05) is 6.07 Å². The topological polar surface area (TPSA) is 107 Å². The minimum Gasteiger partial charge on any atom is -0.351 e.